The van der Waals surface area contributed by atoms with Crippen LogP contribution in [0.2, 0.25) is 0 Å². The van der Waals surface area contributed by atoms with Gasteiger partial charge in [-0.05, 0) is 61.7 Å². The fraction of sp³-hybridized carbons (Fsp3) is 0.944. The van der Waals surface area contributed by atoms with Crippen LogP contribution in [0.4, 0.5) is 13.2 Å². The number of carbonyl (C=O) groups excluding carboxylic acids is 1. The smallest absolute Gasteiger partial charge is 0.353 e. The van der Waals surface area contributed by atoms with E-state index in [9.17, 15) is 18.0 Å². The Hall–Kier alpha value is -0.820. The van der Waals surface area contributed by atoms with Crippen molar-refractivity contribution in [3.8, 4) is 0 Å². The summed E-state index contributed by atoms with van der Waals surface area (Å²) < 4.78 is 49.2. The Morgan fingerprint density at radius 1 is 1.28 bits per heavy atom. The lowest BCUT2D eigenvalue weighted by Gasteiger charge is -2.62. The molecule has 4 fully saturated rings. The summed E-state index contributed by atoms with van der Waals surface area (Å²) in [5.74, 6) is -1.08. The molecule has 1 heterocycles. The third kappa shape index (κ3) is 3.97. The van der Waals surface area contributed by atoms with Crippen molar-refractivity contribution in [3.63, 3.8) is 0 Å². The van der Waals surface area contributed by atoms with E-state index >= 15 is 0 Å². The number of rotatable bonds is 5. The van der Waals surface area contributed by atoms with Crippen molar-refractivity contribution in [3.05, 3.63) is 0 Å². The van der Waals surface area contributed by atoms with Crippen LogP contribution in [-0.4, -0.2) is 37.6 Å². The molecule has 1 saturated heterocycles. The second-order valence-corrected chi connectivity index (χ2v) is 8.29. The number of carbonyl (C=O) groups is 1. The number of halogens is 3. The third-order valence-corrected chi connectivity index (χ3v) is 6.59. The maximum atomic E-state index is 12.6. The van der Waals surface area contributed by atoms with Crippen molar-refractivity contribution >= 4 is 5.91 Å². The van der Waals surface area contributed by atoms with Gasteiger partial charge in [0.1, 0.15) is 0 Å². The molecule has 2 bridgehead atoms. The van der Waals surface area contributed by atoms with Crippen molar-refractivity contribution in [2.24, 2.45) is 23.2 Å². The molecule has 1 aliphatic heterocycles. The van der Waals surface area contributed by atoms with E-state index in [1.165, 1.54) is 0 Å². The number of fused-ring (bicyclic) bond motifs is 2. The van der Waals surface area contributed by atoms with E-state index < -0.39 is 18.1 Å². The Morgan fingerprint density at radius 2 is 2.04 bits per heavy atom. The van der Waals surface area contributed by atoms with Gasteiger partial charge in [-0.2, -0.15) is 13.2 Å². The van der Waals surface area contributed by atoms with E-state index in [-0.39, 0.29) is 17.6 Å². The summed E-state index contributed by atoms with van der Waals surface area (Å²) in [4.78, 5) is 11.4. The molecule has 4 nitrogen and oxygen atoms in total. The molecule has 1 amide bonds. The fourth-order valence-corrected chi connectivity index (χ4v) is 4.94. The largest absolute Gasteiger partial charge is 0.471 e. The lowest BCUT2D eigenvalue weighted by Crippen LogP contribution is -2.62. The summed E-state index contributed by atoms with van der Waals surface area (Å²) in [6, 6.07) is -0.415. The van der Waals surface area contributed by atoms with E-state index in [4.69, 9.17) is 9.47 Å². The lowest BCUT2D eigenvalue weighted by molar-refractivity contribution is -0.184. The molecule has 0 spiro atoms. The minimum atomic E-state index is -4.83. The third-order valence-electron chi connectivity index (χ3n) is 6.59. The Balaban J connectivity index is 1.58. The van der Waals surface area contributed by atoms with Crippen LogP contribution in [0.5, 0.6) is 0 Å². The van der Waals surface area contributed by atoms with Gasteiger partial charge < -0.3 is 14.8 Å². The molecular weight excluding hydrogens is 335 g/mol. The number of hydrogen-bond donors (Lipinski definition) is 1. The molecule has 7 heteroatoms. The van der Waals surface area contributed by atoms with Crippen molar-refractivity contribution in [2.45, 2.75) is 70.9 Å². The molecule has 4 rings (SSSR count). The van der Waals surface area contributed by atoms with Crippen LogP contribution in [0.15, 0.2) is 0 Å². The van der Waals surface area contributed by atoms with Gasteiger partial charge in [0.05, 0.1) is 6.61 Å². The average Bonchev–Trinajstić information content (AvgIpc) is 2.55. The van der Waals surface area contributed by atoms with E-state index in [0.29, 0.717) is 37.9 Å². The number of amides is 1. The first-order valence-electron chi connectivity index (χ1n) is 9.30. The quantitative estimate of drug-likeness (QED) is 0.811. The summed E-state index contributed by atoms with van der Waals surface area (Å²) in [5, 5.41) is 2.25. The van der Waals surface area contributed by atoms with Gasteiger partial charge in [-0.25, -0.2) is 0 Å². The highest BCUT2D eigenvalue weighted by Gasteiger charge is 2.58. The van der Waals surface area contributed by atoms with Crippen LogP contribution in [0.3, 0.4) is 0 Å². The minimum Gasteiger partial charge on any atom is -0.353 e. The van der Waals surface area contributed by atoms with Crippen LogP contribution < -0.4 is 5.32 Å². The maximum absolute atomic E-state index is 12.6. The van der Waals surface area contributed by atoms with Gasteiger partial charge in [-0.1, -0.05) is 13.8 Å². The lowest BCUT2D eigenvalue weighted by atomic mass is 9.44. The average molecular weight is 363 g/mol. The first kappa shape index (κ1) is 19.0. The molecule has 3 aliphatic carbocycles. The molecule has 3 saturated carbocycles. The fourth-order valence-electron chi connectivity index (χ4n) is 4.94. The van der Waals surface area contributed by atoms with Crippen LogP contribution in [-0.2, 0) is 14.3 Å². The maximum Gasteiger partial charge on any atom is 0.471 e. The molecule has 0 aromatic rings. The predicted molar refractivity (Wildman–Crippen MR) is 85.6 cm³/mol. The number of alkyl halides is 3. The van der Waals surface area contributed by atoms with Crippen molar-refractivity contribution < 1.29 is 27.4 Å². The van der Waals surface area contributed by atoms with Crippen LogP contribution >= 0.6 is 0 Å². The summed E-state index contributed by atoms with van der Waals surface area (Å²) in [6.07, 6.45) is 0.295. The summed E-state index contributed by atoms with van der Waals surface area (Å²) in [6.45, 7) is 5.54. The second-order valence-electron chi connectivity index (χ2n) is 8.29. The molecule has 1 N–H and O–H groups in total. The van der Waals surface area contributed by atoms with Gasteiger partial charge in [-0.15, -0.1) is 0 Å². The van der Waals surface area contributed by atoms with Gasteiger partial charge in [0.15, 0.2) is 6.29 Å². The van der Waals surface area contributed by atoms with Crippen LogP contribution in [0.25, 0.3) is 0 Å². The minimum absolute atomic E-state index is 0.0230. The molecule has 4 aliphatic rings. The van der Waals surface area contributed by atoms with E-state index in [2.05, 4.69) is 19.2 Å². The van der Waals surface area contributed by atoms with Crippen LogP contribution in [0, 0.1) is 23.2 Å². The SMILES string of the molecule is CC1(C)[C@H]2C[C@H](NC(=O)C(F)(F)F)[C@@H](CCOC3CCCCO3)[C@@H]1C2. The molecule has 25 heavy (non-hydrogen) atoms. The van der Waals surface area contributed by atoms with Crippen molar-refractivity contribution in [2.75, 3.05) is 13.2 Å². The standard InChI is InChI=1S/C18H28F3NO3/c1-17(2)11-9-13(17)12(6-8-25-15-5-3-4-7-24-15)14(10-11)22-16(23)18(19,20)21/h11-15H,3-10H2,1-2H3,(H,22,23)/t11-,12+,13+,14+,15?/m1/s1. The zero-order valence-corrected chi connectivity index (χ0v) is 14.9. The van der Waals surface area contributed by atoms with Gasteiger partial charge >= 0.3 is 12.1 Å². The normalized spacial score (nSPS) is 37.2. The summed E-state index contributed by atoms with van der Waals surface area (Å²) in [7, 11) is 0. The van der Waals surface area contributed by atoms with E-state index in [0.717, 1.165) is 25.7 Å². The van der Waals surface area contributed by atoms with Crippen LogP contribution in [0.1, 0.15) is 52.4 Å². The molecule has 144 valence electrons. The zero-order valence-electron chi connectivity index (χ0n) is 14.9. The van der Waals surface area contributed by atoms with Crippen molar-refractivity contribution in [1.29, 1.82) is 0 Å². The second kappa shape index (κ2) is 7.06. The van der Waals surface area contributed by atoms with Gasteiger partial charge in [-0.3, -0.25) is 4.79 Å². The Bertz CT molecular complexity index is 488. The molecule has 0 radical (unpaired) electrons. The van der Waals surface area contributed by atoms with E-state index in [1.807, 2.05) is 0 Å². The predicted octanol–water partition coefficient (Wildman–Crippen LogP) is 3.65. The molecule has 5 atom stereocenters. The Labute approximate surface area is 146 Å². The first-order chi connectivity index (χ1) is 11.7. The first-order valence-corrected chi connectivity index (χ1v) is 9.30. The molecular formula is C18H28F3NO3. The highest BCUT2D eigenvalue weighted by molar-refractivity contribution is 5.82. The number of ether oxygens (including phenoxy) is 2. The van der Waals surface area contributed by atoms with Gasteiger partial charge in [0.25, 0.3) is 0 Å². The highest BCUT2D eigenvalue weighted by atomic mass is 19.4. The molecule has 0 aromatic heterocycles. The van der Waals surface area contributed by atoms with Gasteiger partial charge in [0, 0.05) is 12.6 Å². The summed E-state index contributed by atoms with van der Waals surface area (Å²) in [5.41, 5.74) is 0.130. The zero-order chi connectivity index (χ0) is 18.2. The Kier molecular flexibility index (Phi) is 5.36. The topological polar surface area (TPSA) is 47.6 Å². The van der Waals surface area contributed by atoms with Crippen molar-refractivity contribution in [1.82, 2.24) is 5.32 Å². The summed E-state index contributed by atoms with van der Waals surface area (Å²) >= 11 is 0. The Morgan fingerprint density at radius 3 is 2.64 bits per heavy atom. The monoisotopic (exact) mass is 363 g/mol. The molecule has 1 unspecified atom stereocenters. The van der Waals surface area contributed by atoms with Gasteiger partial charge in [0.2, 0.25) is 0 Å². The number of nitrogens with one attached hydrogen (secondary N) is 1. The van der Waals surface area contributed by atoms with E-state index in [1.54, 1.807) is 0 Å². The molecule has 0 aromatic carbocycles. The highest BCUT2D eigenvalue weighted by Crippen LogP contribution is 2.62. The number of hydrogen-bond acceptors (Lipinski definition) is 3.